The molecule has 34 heavy (non-hydrogen) atoms. The van der Waals surface area contributed by atoms with Crippen LogP contribution in [-0.2, 0) is 0 Å². The van der Waals surface area contributed by atoms with Gasteiger partial charge in [-0.15, -0.1) is 0 Å². The summed E-state index contributed by atoms with van der Waals surface area (Å²) in [6.45, 7) is 6.02. The molecule has 0 spiro atoms. The van der Waals surface area contributed by atoms with Crippen molar-refractivity contribution in [2.24, 2.45) is 0 Å². The molecule has 0 N–H and O–H groups in total. The molecule has 0 fully saturated rings. The van der Waals surface area contributed by atoms with E-state index in [4.69, 9.17) is 0 Å². The second-order valence-corrected chi connectivity index (χ2v) is 11.0. The van der Waals surface area contributed by atoms with E-state index in [2.05, 4.69) is 25.7 Å². The monoisotopic (exact) mass is 475 g/mol. The molecule has 0 aliphatic carbocycles. The standard InChI is InChI=1S/C34H66/c1-3-5-7-9-11-13-15-17-19-21-23-25-27-29-31-33-34-32-30-28-26-24-22-20-18-16-14-12-10-8-6-4-2/h3,5,7H,1,4,6,8-34H2,2H3/b7-5+. The van der Waals surface area contributed by atoms with Crippen molar-refractivity contribution >= 4 is 0 Å². The van der Waals surface area contributed by atoms with Crippen LogP contribution >= 0.6 is 0 Å². The summed E-state index contributed by atoms with van der Waals surface area (Å²) >= 11 is 0. The van der Waals surface area contributed by atoms with Gasteiger partial charge in [0.1, 0.15) is 0 Å². The van der Waals surface area contributed by atoms with E-state index in [0.29, 0.717) is 0 Å². The summed E-state index contributed by atoms with van der Waals surface area (Å²) in [7, 11) is 0. The fraction of sp³-hybridized carbons (Fsp3) is 0.882. The number of rotatable bonds is 30. The molecule has 0 rings (SSSR count). The van der Waals surface area contributed by atoms with Gasteiger partial charge in [0.05, 0.1) is 0 Å². The maximum atomic E-state index is 3.71. The fourth-order valence-electron chi connectivity index (χ4n) is 5.12. The molecule has 0 aliphatic heterocycles. The van der Waals surface area contributed by atoms with Gasteiger partial charge < -0.3 is 0 Å². The molecule has 0 radical (unpaired) electrons. The molecular formula is C34H66. The second kappa shape index (κ2) is 32.5. The first-order chi connectivity index (χ1) is 16.9. The molecule has 0 aromatic heterocycles. The van der Waals surface area contributed by atoms with Crippen molar-refractivity contribution in [2.75, 3.05) is 0 Å². The van der Waals surface area contributed by atoms with Crippen LogP contribution in [0.15, 0.2) is 24.8 Å². The minimum atomic E-state index is 1.23. The molecule has 0 aromatic carbocycles. The molecule has 202 valence electrons. The molecule has 0 heterocycles. The van der Waals surface area contributed by atoms with Crippen molar-refractivity contribution in [3.8, 4) is 0 Å². The topological polar surface area (TPSA) is 0 Å². The van der Waals surface area contributed by atoms with Crippen molar-refractivity contribution in [3.05, 3.63) is 24.8 Å². The molecule has 0 heteroatoms. The zero-order valence-corrected chi connectivity index (χ0v) is 23.9. The lowest BCUT2D eigenvalue weighted by Crippen LogP contribution is -1.85. The first kappa shape index (κ1) is 33.5. The summed E-state index contributed by atoms with van der Waals surface area (Å²) in [6, 6.07) is 0. The largest absolute Gasteiger partial charge is 0.0991 e. The highest BCUT2D eigenvalue weighted by atomic mass is 14.0. The molecule has 0 saturated heterocycles. The van der Waals surface area contributed by atoms with Gasteiger partial charge in [-0.1, -0.05) is 205 Å². The van der Waals surface area contributed by atoms with Crippen LogP contribution in [0.5, 0.6) is 0 Å². The Kier molecular flexibility index (Phi) is 32.0. The van der Waals surface area contributed by atoms with E-state index in [-0.39, 0.29) is 0 Å². The van der Waals surface area contributed by atoms with Gasteiger partial charge in [0.25, 0.3) is 0 Å². The Hall–Kier alpha value is -0.520. The van der Waals surface area contributed by atoms with E-state index in [1.54, 1.807) is 0 Å². The third kappa shape index (κ3) is 31.5. The van der Waals surface area contributed by atoms with Crippen molar-refractivity contribution in [2.45, 2.75) is 193 Å². The number of allylic oxidation sites excluding steroid dienone is 3. The van der Waals surface area contributed by atoms with Crippen LogP contribution in [0.4, 0.5) is 0 Å². The first-order valence-corrected chi connectivity index (χ1v) is 16.2. The highest BCUT2D eigenvalue weighted by Gasteiger charge is 1.96. The predicted octanol–water partition coefficient (Wildman–Crippen LogP) is 13.1. The molecular weight excluding hydrogens is 408 g/mol. The SMILES string of the molecule is C=C/C=C/CCCCCCCCCCCCCCCCCCCCCCCCCCCCCC. The van der Waals surface area contributed by atoms with E-state index in [0.717, 1.165) is 0 Å². The second-order valence-electron chi connectivity index (χ2n) is 11.0. The van der Waals surface area contributed by atoms with Gasteiger partial charge in [0, 0.05) is 0 Å². The molecule has 0 aromatic rings. The summed E-state index contributed by atoms with van der Waals surface area (Å²) in [5.41, 5.74) is 0. The average molecular weight is 475 g/mol. The lowest BCUT2D eigenvalue weighted by molar-refractivity contribution is 0.514. The number of hydrogen-bond donors (Lipinski definition) is 0. The molecule has 0 bridgehead atoms. The maximum absolute atomic E-state index is 3.71. The highest BCUT2D eigenvalue weighted by molar-refractivity contribution is 4.96. The third-order valence-corrected chi connectivity index (χ3v) is 7.50. The Morgan fingerprint density at radius 2 is 0.588 bits per heavy atom. The average Bonchev–Trinajstić information content (AvgIpc) is 2.85. The van der Waals surface area contributed by atoms with Crippen LogP contribution < -0.4 is 0 Å². The molecule has 0 atom stereocenters. The van der Waals surface area contributed by atoms with Crippen LogP contribution in [0.1, 0.15) is 193 Å². The summed E-state index contributed by atoms with van der Waals surface area (Å²) in [5.74, 6) is 0. The number of hydrogen-bond acceptors (Lipinski definition) is 0. The normalized spacial score (nSPS) is 11.6. The summed E-state index contributed by atoms with van der Waals surface area (Å²) < 4.78 is 0. The Morgan fingerprint density at radius 1 is 0.353 bits per heavy atom. The van der Waals surface area contributed by atoms with Crippen molar-refractivity contribution in [1.82, 2.24) is 0 Å². The van der Waals surface area contributed by atoms with E-state index in [9.17, 15) is 0 Å². The van der Waals surface area contributed by atoms with Crippen LogP contribution in [0.25, 0.3) is 0 Å². The van der Waals surface area contributed by atoms with Crippen LogP contribution in [-0.4, -0.2) is 0 Å². The smallest absolute Gasteiger partial charge is 0.0348 e. The molecule has 0 nitrogen and oxygen atoms in total. The zero-order chi connectivity index (χ0) is 24.6. The zero-order valence-electron chi connectivity index (χ0n) is 23.9. The van der Waals surface area contributed by atoms with Crippen LogP contribution in [0, 0.1) is 0 Å². The third-order valence-electron chi connectivity index (χ3n) is 7.50. The van der Waals surface area contributed by atoms with Gasteiger partial charge in [-0.3, -0.25) is 0 Å². The molecule has 0 aliphatic rings. The Balaban J connectivity index is 3.01. The highest BCUT2D eigenvalue weighted by Crippen LogP contribution is 2.16. The summed E-state index contributed by atoms with van der Waals surface area (Å²) in [6.07, 6.45) is 48.5. The Morgan fingerprint density at radius 3 is 0.824 bits per heavy atom. The molecule has 0 saturated carbocycles. The van der Waals surface area contributed by atoms with E-state index >= 15 is 0 Å². The van der Waals surface area contributed by atoms with Crippen molar-refractivity contribution < 1.29 is 0 Å². The van der Waals surface area contributed by atoms with E-state index < -0.39 is 0 Å². The summed E-state index contributed by atoms with van der Waals surface area (Å²) in [5, 5.41) is 0. The molecule has 0 unspecified atom stereocenters. The number of unbranched alkanes of at least 4 members (excludes halogenated alkanes) is 28. The van der Waals surface area contributed by atoms with Gasteiger partial charge in [-0.25, -0.2) is 0 Å². The quantitative estimate of drug-likeness (QED) is 0.0717. The Labute approximate surface area is 217 Å². The van der Waals surface area contributed by atoms with Gasteiger partial charge in [0.2, 0.25) is 0 Å². The van der Waals surface area contributed by atoms with Gasteiger partial charge in [0.15, 0.2) is 0 Å². The van der Waals surface area contributed by atoms with Gasteiger partial charge >= 0.3 is 0 Å². The summed E-state index contributed by atoms with van der Waals surface area (Å²) in [4.78, 5) is 0. The minimum absolute atomic E-state index is 1.23. The van der Waals surface area contributed by atoms with Crippen LogP contribution in [0.3, 0.4) is 0 Å². The van der Waals surface area contributed by atoms with Crippen molar-refractivity contribution in [3.63, 3.8) is 0 Å². The maximum Gasteiger partial charge on any atom is -0.0348 e. The van der Waals surface area contributed by atoms with E-state index in [1.165, 1.54) is 186 Å². The van der Waals surface area contributed by atoms with E-state index in [1.807, 2.05) is 6.08 Å². The lowest BCUT2D eigenvalue weighted by atomic mass is 10.0. The molecule has 0 amide bonds. The fourth-order valence-corrected chi connectivity index (χ4v) is 5.12. The Bertz CT molecular complexity index is 379. The first-order valence-electron chi connectivity index (χ1n) is 16.2. The van der Waals surface area contributed by atoms with Gasteiger partial charge in [-0.2, -0.15) is 0 Å². The lowest BCUT2D eigenvalue weighted by Gasteiger charge is -2.04. The van der Waals surface area contributed by atoms with Gasteiger partial charge in [-0.05, 0) is 12.8 Å². The minimum Gasteiger partial charge on any atom is -0.0991 e. The predicted molar refractivity (Wildman–Crippen MR) is 159 cm³/mol. The van der Waals surface area contributed by atoms with Crippen molar-refractivity contribution in [1.29, 1.82) is 0 Å². The van der Waals surface area contributed by atoms with Crippen LogP contribution in [0.2, 0.25) is 0 Å².